The highest BCUT2D eigenvalue weighted by atomic mass is 14.7. The molecular weight excluding hydrogens is 498 g/mol. The first-order chi connectivity index (χ1) is 20.1. The van der Waals surface area contributed by atoms with Crippen molar-refractivity contribution in [2.24, 2.45) is 0 Å². The Morgan fingerprint density at radius 3 is 2.10 bits per heavy atom. The van der Waals surface area contributed by atoms with Crippen LogP contribution in [0, 0.1) is 20.8 Å². The molecular formula is C38H29N3. The molecule has 0 amide bonds. The summed E-state index contributed by atoms with van der Waals surface area (Å²) in [6.07, 6.45) is 5.68. The third-order valence-corrected chi connectivity index (χ3v) is 8.15. The summed E-state index contributed by atoms with van der Waals surface area (Å²) in [5, 5.41) is 3.54. The van der Waals surface area contributed by atoms with E-state index in [1.54, 1.807) is 0 Å². The minimum absolute atomic E-state index is 0.967. The van der Waals surface area contributed by atoms with Crippen molar-refractivity contribution >= 4 is 21.7 Å². The highest BCUT2D eigenvalue weighted by molar-refractivity contribution is 6.14. The molecule has 0 atom stereocenters. The van der Waals surface area contributed by atoms with Crippen LogP contribution >= 0.6 is 0 Å². The van der Waals surface area contributed by atoms with Crippen molar-refractivity contribution in [3.63, 3.8) is 0 Å². The first kappa shape index (κ1) is 24.9. The van der Waals surface area contributed by atoms with Crippen LogP contribution in [0.15, 0.2) is 122 Å². The van der Waals surface area contributed by atoms with Crippen LogP contribution < -0.4 is 0 Å². The zero-order chi connectivity index (χ0) is 27.9. The van der Waals surface area contributed by atoms with Gasteiger partial charge < -0.3 is 0 Å². The minimum Gasteiger partial charge on any atom is -0.256 e. The van der Waals surface area contributed by atoms with Crippen molar-refractivity contribution in [3.05, 3.63) is 138 Å². The van der Waals surface area contributed by atoms with Gasteiger partial charge in [-0.25, -0.2) is 0 Å². The van der Waals surface area contributed by atoms with Crippen molar-refractivity contribution in [1.29, 1.82) is 0 Å². The molecule has 3 aromatic heterocycles. The lowest BCUT2D eigenvalue weighted by Crippen LogP contribution is -1.93. The van der Waals surface area contributed by atoms with Gasteiger partial charge in [0.25, 0.3) is 0 Å². The van der Waals surface area contributed by atoms with Gasteiger partial charge in [-0.2, -0.15) is 0 Å². The van der Waals surface area contributed by atoms with Crippen molar-refractivity contribution < 1.29 is 0 Å². The third kappa shape index (κ3) is 4.46. The molecule has 7 aromatic rings. The van der Waals surface area contributed by atoms with Crippen LogP contribution in [-0.2, 0) is 0 Å². The second kappa shape index (κ2) is 10.1. The molecule has 0 radical (unpaired) electrons. The molecule has 196 valence electrons. The summed E-state index contributed by atoms with van der Waals surface area (Å²) in [5.74, 6) is 0. The zero-order valence-corrected chi connectivity index (χ0v) is 23.4. The quantitative estimate of drug-likeness (QED) is 0.214. The molecule has 3 heteroatoms. The van der Waals surface area contributed by atoms with Gasteiger partial charge in [0.1, 0.15) is 0 Å². The Hall–Kier alpha value is -5.15. The standard InChI is InChI=1S/C38H29N3/c1-24-19-37(41-23-25(24)2)28-10-6-9-27(20-28)30-11-7-12-31(26(30)3)35-22-38-33(13-8-18-40-38)32-16-15-29(21-34(32)35)36-14-4-5-17-39-36/h4-23H,1-3H3. The average Bonchev–Trinajstić information content (AvgIpc) is 3.02. The molecule has 0 spiro atoms. The van der Waals surface area contributed by atoms with Crippen molar-refractivity contribution in [1.82, 2.24) is 15.0 Å². The zero-order valence-electron chi connectivity index (χ0n) is 23.4. The SMILES string of the molecule is Cc1cnc(-c2cccc(-c3cccc(-c4cc5ncccc5c5ccc(-c6ccccn6)cc45)c3C)c2)cc1C. The maximum Gasteiger partial charge on any atom is 0.0714 e. The van der Waals surface area contributed by atoms with Gasteiger partial charge in [-0.15, -0.1) is 0 Å². The lowest BCUT2D eigenvalue weighted by molar-refractivity contribution is 1.22. The fourth-order valence-electron chi connectivity index (χ4n) is 5.76. The van der Waals surface area contributed by atoms with Gasteiger partial charge in [0.2, 0.25) is 0 Å². The Morgan fingerprint density at radius 2 is 1.24 bits per heavy atom. The molecule has 7 rings (SSSR count). The fourth-order valence-corrected chi connectivity index (χ4v) is 5.76. The van der Waals surface area contributed by atoms with E-state index in [0.717, 1.165) is 33.4 Å². The van der Waals surface area contributed by atoms with Gasteiger partial charge in [-0.3, -0.25) is 15.0 Å². The van der Waals surface area contributed by atoms with E-state index >= 15 is 0 Å². The molecule has 4 aromatic carbocycles. The maximum absolute atomic E-state index is 4.75. The molecule has 0 N–H and O–H groups in total. The van der Waals surface area contributed by atoms with E-state index in [9.17, 15) is 0 Å². The molecule has 0 aliphatic carbocycles. The Labute approximate surface area is 240 Å². The van der Waals surface area contributed by atoms with Crippen molar-refractivity contribution in [2.45, 2.75) is 20.8 Å². The average molecular weight is 528 g/mol. The summed E-state index contributed by atoms with van der Waals surface area (Å²) in [6, 6.07) is 36.6. The second-order valence-corrected chi connectivity index (χ2v) is 10.7. The first-order valence-corrected chi connectivity index (χ1v) is 13.9. The number of benzene rings is 4. The van der Waals surface area contributed by atoms with Gasteiger partial charge in [-0.1, -0.05) is 60.7 Å². The topological polar surface area (TPSA) is 38.7 Å². The van der Waals surface area contributed by atoms with Crippen LogP contribution in [0.25, 0.3) is 66.4 Å². The number of fused-ring (bicyclic) bond motifs is 3. The van der Waals surface area contributed by atoms with Crippen LogP contribution in [0.1, 0.15) is 16.7 Å². The van der Waals surface area contributed by atoms with E-state index in [1.165, 1.54) is 49.7 Å². The Balaban J connectivity index is 1.42. The van der Waals surface area contributed by atoms with Crippen LogP contribution in [0.5, 0.6) is 0 Å². The number of aryl methyl sites for hydroxylation is 2. The predicted molar refractivity (Wildman–Crippen MR) is 171 cm³/mol. The molecule has 0 saturated carbocycles. The smallest absolute Gasteiger partial charge is 0.0714 e. The largest absolute Gasteiger partial charge is 0.256 e. The van der Waals surface area contributed by atoms with Crippen molar-refractivity contribution in [2.75, 3.05) is 0 Å². The van der Waals surface area contributed by atoms with Crippen LogP contribution in [0.4, 0.5) is 0 Å². The highest BCUT2D eigenvalue weighted by Gasteiger charge is 2.15. The number of hydrogen-bond donors (Lipinski definition) is 0. The lowest BCUT2D eigenvalue weighted by atomic mass is 9.88. The second-order valence-electron chi connectivity index (χ2n) is 10.7. The number of nitrogens with zero attached hydrogens (tertiary/aromatic N) is 3. The Kier molecular flexibility index (Phi) is 6.13. The van der Waals surface area contributed by atoms with Crippen molar-refractivity contribution in [3.8, 4) is 44.8 Å². The summed E-state index contributed by atoms with van der Waals surface area (Å²) in [7, 11) is 0. The van der Waals surface area contributed by atoms with Gasteiger partial charge in [0.05, 0.1) is 16.9 Å². The molecule has 3 heterocycles. The van der Waals surface area contributed by atoms with Gasteiger partial charge in [0.15, 0.2) is 0 Å². The van der Waals surface area contributed by atoms with E-state index in [2.05, 4.69) is 111 Å². The van der Waals surface area contributed by atoms with E-state index < -0.39 is 0 Å². The number of pyridine rings is 3. The summed E-state index contributed by atoms with van der Waals surface area (Å²) in [6.45, 7) is 6.46. The summed E-state index contributed by atoms with van der Waals surface area (Å²) in [5.41, 5.74) is 13.6. The lowest BCUT2D eigenvalue weighted by Gasteiger charge is -2.17. The van der Waals surface area contributed by atoms with Gasteiger partial charge in [-0.05, 0) is 113 Å². The molecule has 3 nitrogen and oxygen atoms in total. The maximum atomic E-state index is 4.75. The van der Waals surface area contributed by atoms with E-state index in [-0.39, 0.29) is 0 Å². The Morgan fingerprint density at radius 1 is 0.439 bits per heavy atom. The number of aromatic nitrogens is 3. The summed E-state index contributed by atoms with van der Waals surface area (Å²) >= 11 is 0. The normalized spacial score (nSPS) is 11.3. The molecule has 0 fully saturated rings. The molecule has 0 bridgehead atoms. The first-order valence-electron chi connectivity index (χ1n) is 13.9. The summed E-state index contributed by atoms with van der Waals surface area (Å²) in [4.78, 5) is 14.1. The fraction of sp³-hybridized carbons (Fsp3) is 0.0789. The predicted octanol–water partition coefficient (Wildman–Crippen LogP) is 9.77. The highest BCUT2D eigenvalue weighted by Crippen LogP contribution is 2.40. The summed E-state index contributed by atoms with van der Waals surface area (Å²) < 4.78 is 0. The number of hydrogen-bond acceptors (Lipinski definition) is 3. The Bertz CT molecular complexity index is 2080. The van der Waals surface area contributed by atoms with Crippen LogP contribution in [-0.4, -0.2) is 15.0 Å². The third-order valence-electron chi connectivity index (χ3n) is 8.15. The minimum atomic E-state index is 0.967. The van der Waals surface area contributed by atoms with Crippen LogP contribution in [0.3, 0.4) is 0 Å². The van der Waals surface area contributed by atoms with E-state index in [1.807, 2.05) is 36.8 Å². The van der Waals surface area contributed by atoms with Gasteiger partial charge in [0, 0.05) is 35.1 Å². The van der Waals surface area contributed by atoms with E-state index in [0.29, 0.717) is 0 Å². The van der Waals surface area contributed by atoms with Gasteiger partial charge >= 0.3 is 0 Å². The molecule has 0 unspecified atom stereocenters. The molecule has 0 aliphatic rings. The number of rotatable bonds is 4. The monoisotopic (exact) mass is 527 g/mol. The van der Waals surface area contributed by atoms with Crippen LogP contribution in [0.2, 0.25) is 0 Å². The van der Waals surface area contributed by atoms with E-state index in [4.69, 9.17) is 9.97 Å². The molecule has 0 aliphatic heterocycles. The molecule has 0 saturated heterocycles. The molecule has 41 heavy (non-hydrogen) atoms.